The fraction of sp³-hybridized carbons (Fsp3) is 0.190. The van der Waals surface area contributed by atoms with Crippen LogP contribution in [0.2, 0.25) is 0 Å². The van der Waals surface area contributed by atoms with Crippen LogP contribution < -0.4 is 0 Å². The Balaban J connectivity index is 1.76. The highest BCUT2D eigenvalue weighted by atomic mass is 16.5. The van der Waals surface area contributed by atoms with Crippen molar-refractivity contribution in [3.05, 3.63) is 58.7 Å². The first kappa shape index (κ1) is 16.3. The molecule has 0 saturated heterocycles. The molecule has 0 spiro atoms. The molecule has 0 unspecified atom stereocenters. The van der Waals surface area contributed by atoms with Gasteiger partial charge in [0.25, 0.3) is 5.89 Å². The fourth-order valence-electron chi connectivity index (χ4n) is 3.06. The van der Waals surface area contributed by atoms with Crippen molar-refractivity contribution in [3.63, 3.8) is 0 Å². The quantitative estimate of drug-likeness (QED) is 0.472. The van der Waals surface area contributed by atoms with Crippen molar-refractivity contribution in [1.29, 1.82) is 0 Å². The molecule has 2 heterocycles. The predicted molar refractivity (Wildman–Crippen MR) is 99.2 cm³/mol. The lowest BCUT2D eigenvalue weighted by Gasteiger charge is -2.02. The van der Waals surface area contributed by atoms with Crippen LogP contribution in [0.3, 0.4) is 0 Å². The summed E-state index contributed by atoms with van der Waals surface area (Å²) in [5, 5.41) is 5.12. The maximum absolute atomic E-state index is 11.5. The molecule has 5 nitrogen and oxygen atoms in total. The average molecular weight is 346 g/mol. The summed E-state index contributed by atoms with van der Waals surface area (Å²) in [5.41, 5.74) is 5.42. The second kappa shape index (κ2) is 5.95. The molecular weight excluding hydrogens is 328 g/mol. The molecule has 4 aromatic rings. The lowest BCUT2D eigenvalue weighted by molar-refractivity contribution is 0.101. The molecule has 0 atom stereocenters. The van der Waals surface area contributed by atoms with E-state index < -0.39 is 0 Å². The number of carbonyl (C=O) groups is 1. The second-order valence-electron chi connectivity index (χ2n) is 6.56. The number of rotatable bonds is 3. The first-order valence-corrected chi connectivity index (χ1v) is 8.40. The molecule has 2 aromatic heterocycles. The van der Waals surface area contributed by atoms with Crippen LogP contribution >= 0.6 is 0 Å². The topological polar surface area (TPSA) is 69.1 Å². The van der Waals surface area contributed by atoms with Gasteiger partial charge in [-0.3, -0.25) is 4.79 Å². The number of Topliss-reactive ketones (excluding diaryl/α,β-unsaturated/α-hetero) is 1. The smallest absolute Gasteiger partial charge is 0.258 e. The fourth-order valence-corrected chi connectivity index (χ4v) is 3.06. The van der Waals surface area contributed by atoms with Gasteiger partial charge in [-0.25, -0.2) is 0 Å². The Kier molecular flexibility index (Phi) is 3.72. The zero-order chi connectivity index (χ0) is 18.4. The lowest BCUT2D eigenvalue weighted by atomic mass is 10.0. The largest absolute Gasteiger partial charge is 0.452 e. The third-order valence-corrected chi connectivity index (χ3v) is 4.61. The normalized spacial score (nSPS) is 11.2. The maximum atomic E-state index is 11.5. The summed E-state index contributed by atoms with van der Waals surface area (Å²) in [4.78, 5) is 16.0. The molecule has 0 aliphatic rings. The molecule has 0 aliphatic heterocycles. The summed E-state index contributed by atoms with van der Waals surface area (Å²) in [7, 11) is 0. The van der Waals surface area contributed by atoms with Gasteiger partial charge in [-0.1, -0.05) is 23.4 Å². The van der Waals surface area contributed by atoms with E-state index in [0.717, 1.165) is 33.2 Å². The summed E-state index contributed by atoms with van der Waals surface area (Å²) in [6.45, 7) is 7.52. The monoisotopic (exact) mass is 346 g/mol. The van der Waals surface area contributed by atoms with Crippen molar-refractivity contribution in [2.45, 2.75) is 27.7 Å². The number of nitrogens with zero attached hydrogens (tertiary/aromatic N) is 2. The second-order valence-corrected chi connectivity index (χ2v) is 6.56. The molecular formula is C21H18N2O3. The SMILES string of the molecule is CC(=O)c1ccc(-c2nc(-c3cc4c(C)ccc(C)c4o3)no2)c(C)c1. The molecule has 0 fully saturated rings. The Bertz CT molecular complexity index is 1110. The van der Waals surface area contributed by atoms with E-state index in [1.54, 1.807) is 13.0 Å². The van der Waals surface area contributed by atoms with E-state index in [1.165, 1.54) is 0 Å². The van der Waals surface area contributed by atoms with E-state index in [9.17, 15) is 4.79 Å². The summed E-state index contributed by atoms with van der Waals surface area (Å²) in [5.74, 6) is 1.41. The van der Waals surface area contributed by atoms with Gasteiger partial charge in [0.1, 0.15) is 5.58 Å². The number of aromatic nitrogens is 2. The van der Waals surface area contributed by atoms with Crippen molar-refractivity contribution >= 4 is 16.8 Å². The van der Waals surface area contributed by atoms with Crippen LogP contribution in [0.25, 0.3) is 34.0 Å². The van der Waals surface area contributed by atoms with Gasteiger partial charge < -0.3 is 8.94 Å². The molecule has 0 amide bonds. The van der Waals surface area contributed by atoms with Crippen molar-refractivity contribution in [3.8, 4) is 23.0 Å². The zero-order valence-electron chi connectivity index (χ0n) is 15.1. The van der Waals surface area contributed by atoms with Gasteiger partial charge in [-0.15, -0.1) is 0 Å². The first-order chi connectivity index (χ1) is 12.4. The average Bonchev–Trinajstić information content (AvgIpc) is 3.25. The summed E-state index contributed by atoms with van der Waals surface area (Å²) >= 11 is 0. The molecule has 0 aliphatic carbocycles. The summed E-state index contributed by atoms with van der Waals surface area (Å²) < 4.78 is 11.4. The van der Waals surface area contributed by atoms with Crippen LogP contribution in [0.5, 0.6) is 0 Å². The van der Waals surface area contributed by atoms with Gasteiger partial charge in [0.05, 0.1) is 0 Å². The molecule has 2 aromatic carbocycles. The molecule has 0 N–H and O–H groups in total. The molecule has 26 heavy (non-hydrogen) atoms. The Morgan fingerprint density at radius 3 is 2.42 bits per heavy atom. The summed E-state index contributed by atoms with van der Waals surface area (Å²) in [6.07, 6.45) is 0. The maximum Gasteiger partial charge on any atom is 0.258 e. The van der Waals surface area contributed by atoms with Crippen LogP contribution in [0.15, 0.2) is 45.3 Å². The van der Waals surface area contributed by atoms with Crippen LogP contribution in [0.4, 0.5) is 0 Å². The van der Waals surface area contributed by atoms with Crippen LogP contribution in [0, 0.1) is 20.8 Å². The highest BCUT2D eigenvalue weighted by Gasteiger charge is 2.17. The van der Waals surface area contributed by atoms with Crippen molar-refractivity contribution in [2.24, 2.45) is 0 Å². The number of fused-ring (bicyclic) bond motifs is 1. The number of furan rings is 1. The van der Waals surface area contributed by atoms with E-state index >= 15 is 0 Å². The molecule has 130 valence electrons. The number of aryl methyl sites for hydroxylation is 3. The third-order valence-electron chi connectivity index (χ3n) is 4.61. The standard InChI is InChI=1S/C21H18N2O3/c1-11-5-6-12(2)19-17(11)10-18(25-19)20-22-21(26-23-20)16-8-7-15(14(4)24)9-13(16)3/h5-10H,1-4H3. The van der Waals surface area contributed by atoms with Gasteiger partial charge in [0.15, 0.2) is 11.5 Å². The molecule has 4 rings (SSSR count). The molecule has 0 bridgehead atoms. The Hall–Kier alpha value is -3.21. The van der Waals surface area contributed by atoms with Crippen molar-refractivity contribution < 1.29 is 13.7 Å². The number of hydrogen-bond acceptors (Lipinski definition) is 5. The zero-order valence-corrected chi connectivity index (χ0v) is 15.1. The molecule has 0 saturated carbocycles. The van der Waals surface area contributed by atoms with Gasteiger partial charge in [0, 0.05) is 16.5 Å². The van der Waals surface area contributed by atoms with E-state index in [4.69, 9.17) is 8.94 Å². The highest BCUT2D eigenvalue weighted by Crippen LogP contribution is 2.32. The highest BCUT2D eigenvalue weighted by molar-refractivity contribution is 5.94. The van der Waals surface area contributed by atoms with Crippen molar-refractivity contribution in [2.75, 3.05) is 0 Å². The van der Waals surface area contributed by atoms with Crippen LogP contribution in [0.1, 0.15) is 34.0 Å². The predicted octanol–water partition coefficient (Wildman–Crippen LogP) is 5.28. The number of benzene rings is 2. The van der Waals surface area contributed by atoms with E-state index in [-0.39, 0.29) is 5.78 Å². The number of ketones is 1. The Morgan fingerprint density at radius 1 is 0.962 bits per heavy atom. The van der Waals surface area contributed by atoms with E-state index in [1.807, 2.05) is 45.0 Å². The van der Waals surface area contributed by atoms with E-state index in [0.29, 0.717) is 23.0 Å². The van der Waals surface area contributed by atoms with Crippen LogP contribution in [-0.2, 0) is 0 Å². The minimum Gasteiger partial charge on any atom is -0.452 e. The van der Waals surface area contributed by atoms with Gasteiger partial charge >= 0.3 is 0 Å². The third kappa shape index (κ3) is 2.62. The van der Waals surface area contributed by atoms with Gasteiger partial charge in [-0.05, 0) is 62.6 Å². The minimum absolute atomic E-state index is 0.0267. The molecule has 5 heteroatoms. The molecule has 0 radical (unpaired) electrons. The lowest BCUT2D eigenvalue weighted by Crippen LogP contribution is -1.94. The summed E-state index contributed by atoms with van der Waals surface area (Å²) in [6, 6.07) is 11.5. The van der Waals surface area contributed by atoms with E-state index in [2.05, 4.69) is 16.2 Å². The number of hydrogen-bond donors (Lipinski definition) is 0. The van der Waals surface area contributed by atoms with Crippen molar-refractivity contribution in [1.82, 2.24) is 10.1 Å². The Labute approximate surface area is 150 Å². The van der Waals surface area contributed by atoms with Crippen LogP contribution in [-0.4, -0.2) is 15.9 Å². The first-order valence-electron chi connectivity index (χ1n) is 8.40. The van der Waals surface area contributed by atoms with Gasteiger partial charge in [0.2, 0.25) is 5.82 Å². The number of carbonyl (C=O) groups excluding carboxylic acids is 1. The minimum atomic E-state index is 0.0267. The Morgan fingerprint density at radius 2 is 1.73 bits per heavy atom. The van der Waals surface area contributed by atoms with Gasteiger partial charge in [-0.2, -0.15) is 4.98 Å².